The van der Waals surface area contributed by atoms with Gasteiger partial charge in [-0.3, -0.25) is 0 Å². The zero-order chi connectivity index (χ0) is 15.0. The largest absolute Gasteiger partial charge is 0.374 e. The van der Waals surface area contributed by atoms with Crippen LogP contribution in [0.5, 0.6) is 0 Å². The Bertz CT molecular complexity index is 794. The van der Waals surface area contributed by atoms with Crippen LogP contribution < -0.4 is 5.32 Å². The summed E-state index contributed by atoms with van der Waals surface area (Å²) >= 11 is 5.96. The number of rotatable bonds is 3. The molecule has 2 aromatic heterocycles. The number of benzene rings is 1. The Morgan fingerprint density at radius 3 is 2.76 bits per heavy atom. The summed E-state index contributed by atoms with van der Waals surface area (Å²) < 4.78 is 2.11. The first-order chi connectivity index (χ1) is 10.1. The van der Waals surface area contributed by atoms with E-state index in [0.717, 1.165) is 28.1 Å². The van der Waals surface area contributed by atoms with Crippen molar-refractivity contribution in [1.29, 1.82) is 0 Å². The molecule has 1 unspecified atom stereocenters. The van der Waals surface area contributed by atoms with Gasteiger partial charge in [-0.05, 0) is 37.6 Å². The van der Waals surface area contributed by atoms with Gasteiger partial charge in [0.05, 0.1) is 29.0 Å². The summed E-state index contributed by atoms with van der Waals surface area (Å²) in [6.07, 6.45) is 1.74. The van der Waals surface area contributed by atoms with Crippen LogP contribution in [0.4, 0.5) is 5.69 Å². The molecular formula is C16H17ClN4. The van der Waals surface area contributed by atoms with Crippen LogP contribution in [0.2, 0.25) is 5.15 Å². The van der Waals surface area contributed by atoms with E-state index in [2.05, 4.69) is 27.9 Å². The summed E-state index contributed by atoms with van der Waals surface area (Å²) in [6, 6.07) is 10.2. The van der Waals surface area contributed by atoms with Crippen LogP contribution in [-0.2, 0) is 7.05 Å². The van der Waals surface area contributed by atoms with E-state index in [1.54, 1.807) is 6.20 Å². The molecule has 0 fully saturated rings. The van der Waals surface area contributed by atoms with Crippen LogP contribution in [0.1, 0.15) is 24.4 Å². The molecule has 2 heterocycles. The molecular weight excluding hydrogens is 284 g/mol. The van der Waals surface area contributed by atoms with Gasteiger partial charge in [-0.2, -0.15) is 0 Å². The minimum absolute atomic E-state index is 0.0739. The Balaban J connectivity index is 1.91. The first-order valence-electron chi connectivity index (χ1n) is 6.86. The molecule has 4 nitrogen and oxygen atoms in total. The van der Waals surface area contributed by atoms with Crippen molar-refractivity contribution >= 4 is 28.3 Å². The summed E-state index contributed by atoms with van der Waals surface area (Å²) in [7, 11) is 2.04. The van der Waals surface area contributed by atoms with Crippen molar-refractivity contribution in [2.24, 2.45) is 7.05 Å². The van der Waals surface area contributed by atoms with Gasteiger partial charge in [0, 0.05) is 7.05 Å². The molecule has 0 amide bonds. The summed E-state index contributed by atoms with van der Waals surface area (Å²) in [4.78, 5) is 8.87. The van der Waals surface area contributed by atoms with Crippen LogP contribution in [0.3, 0.4) is 0 Å². The Morgan fingerprint density at radius 2 is 2.05 bits per heavy atom. The van der Waals surface area contributed by atoms with Gasteiger partial charge in [-0.1, -0.05) is 23.7 Å². The third kappa shape index (κ3) is 2.59. The number of fused-ring (bicyclic) bond motifs is 1. The van der Waals surface area contributed by atoms with Gasteiger partial charge in [0.1, 0.15) is 11.0 Å². The second kappa shape index (κ2) is 5.37. The fourth-order valence-corrected chi connectivity index (χ4v) is 2.61. The zero-order valence-corrected chi connectivity index (χ0v) is 13.0. The van der Waals surface area contributed by atoms with Crippen molar-refractivity contribution < 1.29 is 0 Å². The molecule has 21 heavy (non-hydrogen) atoms. The van der Waals surface area contributed by atoms with Crippen LogP contribution in [-0.4, -0.2) is 14.5 Å². The van der Waals surface area contributed by atoms with Gasteiger partial charge in [-0.15, -0.1) is 0 Å². The topological polar surface area (TPSA) is 42.7 Å². The van der Waals surface area contributed by atoms with Crippen LogP contribution in [0, 0.1) is 6.92 Å². The predicted octanol–water partition coefficient (Wildman–Crippen LogP) is 4.10. The number of hydrogen-bond acceptors (Lipinski definition) is 3. The molecule has 1 N–H and O–H groups in total. The lowest BCUT2D eigenvalue weighted by molar-refractivity contribution is 0.733. The number of para-hydroxylation sites is 2. The average Bonchev–Trinajstić information content (AvgIpc) is 2.81. The second-order valence-electron chi connectivity index (χ2n) is 5.22. The van der Waals surface area contributed by atoms with Crippen molar-refractivity contribution in [2.45, 2.75) is 19.9 Å². The number of pyridine rings is 1. The summed E-state index contributed by atoms with van der Waals surface area (Å²) in [6.45, 7) is 4.03. The van der Waals surface area contributed by atoms with Crippen molar-refractivity contribution in [3.8, 4) is 0 Å². The molecule has 1 atom stereocenters. The SMILES string of the molecule is Cc1cc(NC(C)c2nc3ccccc3n2C)cnc1Cl. The van der Waals surface area contributed by atoms with E-state index in [1.807, 2.05) is 38.2 Å². The summed E-state index contributed by atoms with van der Waals surface area (Å²) in [5.41, 5.74) is 4.04. The maximum atomic E-state index is 5.96. The highest BCUT2D eigenvalue weighted by Gasteiger charge is 2.14. The molecule has 0 aliphatic carbocycles. The lowest BCUT2D eigenvalue weighted by Gasteiger charge is -2.15. The molecule has 0 spiro atoms. The third-order valence-corrected chi connectivity index (χ3v) is 4.00. The molecule has 0 saturated carbocycles. The number of hydrogen-bond donors (Lipinski definition) is 1. The molecule has 1 aromatic carbocycles. The molecule has 3 aromatic rings. The highest BCUT2D eigenvalue weighted by molar-refractivity contribution is 6.30. The Hall–Kier alpha value is -2.07. The van der Waals surface area contributed by atoms with E-state index < -0.39 is 0 Å². The monoisotopic (exact) mass is 300 g/mol. The highest BCUT2D eigenvalue weighted by Crippen LogP contribution is 2.24. The molecule has 5 heteroatoms. The second-order valence-corrected chi connectivity index (χ2v) is 5.57. The summed E-state index contributed by atoms with van der Waals surface area (Å²) in [5, 5.41) is 3.96. The highest BCUT2D eigenvalue weighted by atomic mass is 35.5. The zero-order valence-electron chi connectivity index (χ0n) is 12.3. The standard InChI is InChI=1S/C16H17ClN4/c1-10-8-12(9-18-15(10)17)19-11(2)16-20-13-6-4-5-7-14(13)21(16)3/h4-9,11,19H,1-3H3. The lowest BCUT2D eigenvalue weighted by Crippen LogP contribution is -2.12. The smallest absolute Gasteiger partial charge is 0.132 e. The molecule has 108 valence electrons. The van der Waals surface area contributed by atoms with Crippen molar-refractivity contribution in [3.05, 3.63) is 53.1 Å². The van der Waals surface area contributed by atoms with E-state index in [4.69, 9.17) is 16.6 Å². The van der Waals surface area contributed by atoms with E-state index >= 15 is 0 Å². The van der Waals surface area contributed by atoms with Gasteiger partial charge < -0.3 is 9.88 Å². The quantitative estimate of drug-likeness (QED) is 0.740. The minimum atomic E-state index is 0.0739. The summed E-state index contributed by atoms with van der Waals surface area (Å²) in [5.74, 6) is 0.990. The normalized spacial score (nSPS) is 12.6. The average molecular weight is 301 g/mol. The first kappa shape index (κ1) is 13.9. The maximum absolute atomic E-state index is 5.96. The Kier molecular flexibility index (Phi) is 3.55. The van der Waals surface area contributed by atoms with E-state index in [0.29, 0.717) is 5.15 Å². The number of aryl methyl sites for hydroxylation is 2. The van der Waals surface area contributed by atoms with Gasteiger partial charge in [0.2, 0.25) is 0 Å². The fraction of sp³-hybridized carbons (Fsp3) is 0.250. The number of nitrogens with one attached hydrogen (secondary N) is 1. The van der Waals surface area contributed by atoms with E-state index in [-0.39, 0.29) is 6.04 Å². The predicted molar refractivity (Wildman–Crippen MR) is 86.7 cm³/mol. The molecule has 0 aliphatic rings. The van der Waals surface area contributed by atoms with Gasteiger partial charge in [0.15, 0.2) is 0 Å². The minimum Gasteiger partial charge on any atom is -0.374 e. The third-order valence-electron chi connectivity index (χ3n) is 3.61. The molecule has 0 saturated heterocycles. The Labute approximate surface area is 128 Å². The van der Waals surface area contributed by atoms with Gasteiger partial charge >= 0.3 is 0 Å². The number of aromatic nitrogens is 3. The van der Waals surface area contributed by atoms with Crippen molar-refractivity contribution in [1.82, 2.24) is 14.5 Å². The van der Waals surface area contributed by atoms with E-state index in [9.17, 15) is 0 Å². The molecule has 0 aliphatic heterocycles. The number of nitrogens with zero attached hydrogens (tertiary/aromatic N) is 3. The molecule has 0 bridgehead atoms. The van der Waals surface area contributed by atoms with Crippen LogP contribution >= 0.6 is 11.6 Å². The Morgan fingerprint density at radius 1 is 1.29 bits per heavy atom. The van der Waals surface area contributed by atoms with Crippen LogP contribution in [0.15, 0.2) is 36.5 Å². The lowest BCUT2D eigenvalue weighted by atomic mass is 10.2. The fourth-order valence-electron chi connectivity index (χ4n) is 2.50. The van der Waals surface area contributed by atoms with Gasteiger partial charge in [-0.25, -0.2) is 9.97 Å². The molecule has 0 radical (unpaired) electrons. The van der Waals surface area contributed by atoms with Crippen molar-refractivity contribution in [3.63, 3.8) is 0 Å². The van der Waals surface area contributed by atoms with E-state index in [1.165, 1.54) is 0 Å². The van der Waals surface area contributed by atoms with Crippen molar-refractivity contribution in [2.75, 3.05) is 5.32 Å². The van der Waals surface area contributed by atoms with Gasteiger partial charge in [0.25, 0.3) is 0 Å². The molecule has 3 rings (SSSR count). The number of halogens is 1. The number of imidazole rings is 1. The van der Waals surface area contributed by atoms with Crippen LogP contribution in [0.25, 0.3) is 11.0 Å². The maximum Gasteiger partial charge on any atom is 0.132 e. The first-order valence-corrected chi connectivity index (χ1v) is 7.24. The number of anilines is 1.